The normalized spacial score (nSPS) is 18.2. The Morgan fingerprint density at radius 2 is 1.93 bits per heavy atom. The van der Waals surface area contributed by atoms with E-state index in [2.05, 4.69) is 10.6 Å². The molecule has 1 unspecified atom stereocenters. The Balaban J connectivity index is 0.00000300. The number of nitrogens with two attached hydrogens (primary N) is 1. The molecule has 29 heavy (non-hydrogen) atoms. The number of anilines is 1. The van der Waals surface area contributed by atoms with E-state index in [4.69, 9.17) is 5.73 Å². The third kappa shape index (κ3) is 5.33. The molecular formula is C20H27ClN4O4. The van der Waals surface area contributed by atoms with Gasteiger partial charge in [-0.25, -0.2) is 0 Å². The first kappa shape index (κ1) is 22.8. The van der Waals surface area contributed by atoms with E-state index in [0.29, 0.717) is 36.2 Å². The average Bonchev–Trinajstić information content (AvgIpc) is 2.99. The molecule has 158 valence electrons. The summed E-state index contributed by atoms with van der Waals surface area (Å²) in [5.74, 6) is -1.10. The molecule has 1 aromatic carbocycles. The topological polar surface area (TPSA) is 122 Å². The van der Waals surface area contributed by atoms with Gasteiger partial charge in [-0.05, 0) is 37.9 Å². The van der Waals surface area contributed by atoms with Gasteiger partial charge in [-0.15, -0.1) is 12.4 Å². The lowest BCUT2D eigenvalue weighted by molar-refractivity contribution is -0.137. The highest BCUT2D eigenvalue weighted by atomic mass is 35.5. The molecule has 2 aliphatic heterocycles. The molecule has 0 saturated carbocycles. The number of carbonyl (C=O) groups is 4. The largest absolute Gasteiger partial charge is 0.330 e. The molecule has 1 fully saturated rings. The molecule has 3 rings (SSSR count). The number of nitrogens with zero attached hydrogens (tertiary/aromatic N) is 1. The molecule has 2 heterocycles. The van der Waals surface area contributed by atoms with Crippen LogP contribution in [0.1, 0.15) is 60.9 Å². The molecule has 0 aromatic heterocycles. The number of unbranched alkanes of at least 4 members (excludes halogenated alkanes) is 3. The van der Waals surface area contributed by atoms with Gasteiger partial charge in [0.2, 0.25) is 17.7 Å². The van der Waals surface area contributed by atoms with E-state index in [1.54, 1.807) is 18.2 Å². The number of hydrogen-bond donors (Lipinski definition) is 3. The van der Waals surface area contributed by atoms with Crippen LogP contribution in [0.4, 0.5) is 5.69 Å². The summed E-state index contributed by atoms with van der Waals surface area (Å²) in [6, 6.07) is 4.53. The lowest BCUT2D eigenvalue weighted by Gasteiger charge is -2.29. The number of carbonyl (C=O) groups excluding carboxylic acids is 4. The number of fused-ring (bicyclic) bond motifs is 1. The van der Waals surface area contributed by atoms with Crippen molar-refractivity contribution >= 4 is 41.7 Å². The maximum atomic E-state index is 12.8. The fraction of sp³-hybridized carbons (Fsp3) is 0.500. The van der Waals surface area contributed by atoms with E-state index in [9.17, 15) is 19.2 Å². The summed E-state index contributed by atoms with van der Waals surface area (Å²) in [6.07, 6.45) is 4.67. The minimum atomic E-state index is -0.663. The van der Waals surface area contributed by atoms with Gasteiger partial charge in [-0.2, -0.15) is 0 Å². The Morgan fingerprint density at radius 1 is 1.17 bits per heavy atom. The van der Waals surface area contributed by atoms with E-state index in [-0.39, 0.29) is 43.1 Å². The van der Waals surface area contributed by atoms with Crippen molar-refractivity contribution in [2.45, 2.75) is 57.5 Å². The van der Waals surface area contributed by atoms with Gasteiger partial charge < -0.3 is 16.0 Å². The van der Waals surface area contributed by atoms with Crippen LogP contribution in [-0.4, -0.2) is 41.1 Å². The molecule has 0 bridgehead atoms. The summed E-state index contributed by atoms with van der Waals surface area (Å²) in [5, 5.41) is 5.19. The quantitative estimate of drug-likeness (QED) is 0.435. The van der Waals surface area contributed by atoms with E-state index in [1.165, 1.54) is 4.90 Å². The first-order valence-electron chi connectivity index (χ1n) is 9.77. The number of rotatable bonds is 8. The predicted octanol–water partition coefficient (Wildman–Crippen LogP) is 1.72. The van der Waals surface area contributed by atoms with E-state index in [0.717, 1.165) is 25.7 Å². The number of nitrogens with one attached hydrogen (secondary N) is 2. The molecule has 1 atom stereocenters. The van der Waals surface area contributed by atoms with Gasteiger partial charge in [0.1, 0.15) is 6.04 Å². The summed E-state index contributed by atoms with van der Waals surface area (Å²) in [5.41, 5.74) is 7.28. The highest BCUT2D eigenvalue weighted by molar-refractivity contribution is 6.06. The third-order valence-electron chi connectivity index (χ3n) is 5.21. The molecule has 9 heteroatoms. The molecule has 2 aliphatic rings. The molecule has 0 aliphatic carbocycles. The molecule has 0 spiro atoms. The first-order chi connectivity index (χ1) is 13.5. The van der Waals surface area contributed by atoms with Gasteiger partial charge >= 0.3 is 0 Å². The Morgan fingerprint density at radius 3 is 2.66 bits per heavy atom. The fourth-order valence-electron chi connectivity index (χ4n) is 3.70. The van der Waals surface area contributed by atoms with Crippen molar-refractivity contribution in [3.63, 3.8) is 0 Å². The van der Waals surface area contributed by atoms with E-state index in [1.807, 2.05) is 0 Å². The minimum absolute atomic E-state index is 0. The molecule has 4 amide bonds. The van der Waals surface area contributed by atoms with Crippen molar-refractivity contribution in [2.75, 3.05) is 11.9 Å². The fourth-order valence-corrected chi connectivity index (χ4v) is 3.70. The van der Waals surface area contributed by atoms with Crippen molar-refractivity contribution in [3.05, 3.63) is 29.3 Å². The number of hydrogen-bond acceptors (Lipinski definition) is 5. The van der Waals surface area contributed by atoms with Crippen LogP contribution < -0.4 is 16.4 Å². The van der Waals surface area contributed by atoms with Gasteiger partial charge in [-0.1, -0.05) is 18.9 Å². The summed E-state index contributed by atoms with van der Waals surface area (Å²) < 4.78 is 0. The number of benzene rings is 1. The van der Waals surface area contributed by atoms with Crippen molar-refractivity contribution < 1.29 is 19.2 Å². The van der Waals surface area contributed by atoms with Crippen LogP contribution in [0, 0.1) is 0 Å². The monoisotopic (exact) mass is 422 g/mol. The number of piperidine rings is 1. The average molecular weight is 423 g/mol. The highest BCUT2D eigenvalue weighted by Crippen LogP contribution is 2.32. The van der Waals surface area contributed by atoms with E-state index >= 15 is 0 Å². The zero-order valence-electron chi connectivity index (χ0n) is 16.2. The van der Waals surface area contributed by atoms with Crippen LogP contribution in [0.5, 0.6) is 0 Å². The van der Waals surface area contributed by atoms with Crippen LogP contribution in [0.25, 0.3) is 0 Å². The van der Waals surface area contributed by atoms with Gasteiger partial charge in [0.25, 0.3) is 5.91 Å². The Labute approximate surface area is 176 Å². The van der Waals surface area contributed by atoms with Crippen molar-refractivity contribution in [1.82, 2.24) is 10.2 Å². The first-order valence-corrected chi connectivity index (χ1v) is 9.77. The number of imide groups is 1. The SMILES string of the molecule is Cl.NCCCCCCC(=O)Nc1cccc2c1CN(C1CCC(=O)NC1=O)C2=O. The summed E-state index contributed by atoms with van der Waals surface area (Å²) >= 11 is 0. The van der Waals surface area contributed by atoms with Crippen molar-refractivity contribution in [1.29, 1.82) is 0 Å². The van der Waals surface area contributed by atoms with Gasteiger partial charge in [0.05, 0.1) is 0 Å². The summed E-state index contributed by atoms with van der Waals surface area (Å²) in [7, 11) is 0. The molecular weight excluding hydrogens is 396 g/mol. The van der Waals surface area contributed by atoms with Crippen LogP contribution in [-0.2, 0) is 20.9 Å². The summed E-state index contributed by atoms with van der Waals surface area (Å²) in [4.78, 5) is 50.0. The van der Waals surface area contributed by atoms with Crippen LogP contribution in [0.2, 0.25) is 0 Å². The zero-order chi connectivity index (χ0) is 20.1. The maximum absolute atomic E-state index is 12.8. The van der Waals surface area contributed by atoms with Crippen LogP contribution in [0.3, 0.4) is 0 Å². The van der Waals surface area contributed by atoms with Gasteiger partial charge in [0.15, 0.2) is 0 Å². The Bertz CT molecular complexity index is 799. The highest BCUT2D eigenvalue weighted by Gasteiger charge is 2.39. The Hall–Kier alpha value is -2.45. The lowest BCUT2D eigenvalue weighted by Crippen LogP contribution is -2.52. The third-order valence-corrected chi connectivity index (χ3v) is 5.21. The molecule has 4 N–H and O–H groups in total. The standard InChI is InChI=1S/C20H26N4O4.ClH/c21-11-4-2-1-3-8-17(25)22-15-7-5-6-13-14(15)12-24(20(13)28)16-9-10-18(26)23-19(16)27;/h5-7,16H,1-4,8-12,21H2,(H,22,25)(H,23,26,27);1H. The molecule has 8 nitrogen and oxygen atoms in total. The van der Waals surface area contributed by atoms with Crippen LogP contribution in [0.15, 0.2) is 18.2 Å². The van der Waals surface area contributed by atoms with Crippen LogP contribution >= 0.6 is 12.4 Å². The molecule has 1 aromatic rings. The predicted molar refractivity (Wildman–Crippen MR) is 111 cm³/mol. The summed E-state index contributed by atoms with van der Waals surface area (Å²) in [6.45, 7) is 0.910. The second kappa shape index (κ2) is 10.4. The lowest BCUT2D eigenvalue weighted by atomic mass is 10.0. The van der Waals surface area contributed by atoms with E-state index < -0.39 is 11.9 Å². The molecule has 0 radical (unpaired) electrons. The second-order valence-electron chi connectivity index (χ2n) is 7.23. The number of halogens is 1. The molecule has 1 saturated heterocycles. The Kier molecular flexibility index (Phi) is 8.16. The van der Waals surface area contributed by atoms with Crippen molar-refractivity contribution in [2.24, 2.45) is 5.73 Å². The minimum Gasteiger partial charge on any atom is -0.330 e. The van der Waals surface area contributed by atoms with Gasteiger partial charge in [-0.3, -0.25) is 24.5 Å². The maximum Gasteiger partial charge on any atom is 0.255 e. The zero-order valence-corrected chi connectivity index (χ0v) is 17.1. The van der Waals surface area contributed by atoms with Crippen molar-refractivity contribution in [3.8, 4) is 0 Å². The number of amides is 4. The second-order valence-corrected chi connectivity index (χ2v) is 7.23. The van der Waals surface area contributed by atoms with Gasteiger partial charge in [0, 0.05) is 36.2 Å². The smallest absolute Gasteiger partial charge is 0.255 e.